The van der Waals surface area contributed by atoms with E-state index in [0.29, 0.717) is 5.56 Å². The first kappa shape index (κ1) is 7.53. The van der Waals surface area contributed by atoms with Crippen LogP contribution in [0.25, 0.3) is 0 Å². The van der Waals surface area contributed by atoms with Gasteiger partial charge in [0.1, 0.15) is 0 Å². The smallest absolute Gasteiger partial charge is 0.168 e. The predicted octanol–water partition coefficient (Wildman–Crippen LogP) is 2.92. The van der Waals surface area contributed by atoms with Gasteiger partial charge in [-0.25, -0.2) is 0 Å². The van der Waals surface area contributed by atoms with Gasteiger partial charge in [0.05, 0.1) is 0 Å². The van der Waals surface area contributed by atoms with Gasteiger partial charge in [0, 0.05) is 12.3 Å². The van der Waals surface area contributed by atoms with E-state index in [-0.39, 0.29) is 12.7 Å². The van der Waals surface area contributed by atoms with Crippen LogP contribution in [0.2, 0.25) is 0 Å². The molecule has 0 bridgehead atoms. The third-order valence-electron chi connectivity index (χ3n) is 1.65. The van der Waals surface area contributed by atoms with Crippen LogP contribution in [0.1, 0.15) is 32.5 Å². The minimum Gasteiger partial charge on any atom is -0.294 e. The van der Waals surface area contributed by atoms with Gasteiger partial charge in [-0.1, -0.05) is 51.1 Å². The molecule has 0 saturated heterocycles. The molecule has 1 aromatic carbocycles. The first-order valence-electron chi connectivity index (χ1n) is 4.68. The van der Waals surface area contributed by atoms with Gasteiger partial charge in [-0.2, -0.15) is 0 Å². The molecule has 0 atom stereocenters. The summed E-state index contributed by atoms with van der Waals surface area (Å²) in [7, 11) is 0. The first-order valence-corrected chi connectivity index (χ1v) is 3.97. The van der Waals surface area contributed by atoms with E-state index in [4.69, 9.17) is 1.37 Å². The Balaban J connectivity index is 2.93. The molecule has 0 saturated carbocycles. The Bertz CT molecular complexity index is 290. The van der Waals surface area contributed by atoms with Gasteiger partial charge in [0.15, 0.2) is 5.78 Å². The fraction of sp³-hybridized carbons (Fsp3) is 0.364. The molecule has 1 heteroatoms. The average molecular weight is 163 g/mol. The van der Waals surface area contributed by atoms with Crippen LogP contribution in [0.3, 0.4) is 0 Å². The summed E-state index contributed by atoms with van der Waals surface area (Å²) >= 11 is 0. The number of rotatable bonds is 1. The number of carbonyl (C=O) groups is 1. The zero-order valence-electron chi connectivity index (χ0n) is 8.50. The Kier molecular flexibility index (Phi) is 1.94. The molecule has 1 nitrogen and oxygen atoms in total. The van der Waals surface area contributed by atoms with E-state index in [2.05, 4.69) is 0 Å². The lowest BCUT2D eigenvalue weighted by Gasteiger charge is -2.16. The minimum absolute atomic E-state index is 0.0445. The number of hydrogen-bond acceptors (Lipinski definition) is 1. The maximum Gasteiger partial charge on any atom is 0.168 e. The summed E-state index contributed by atoms with van der Waals surface area (Å²) in [6.07, 6.45) is 0. The van der Waals surface area contributed by atoms with Crippen LogP contribution < -0.4 is 0 Å². The lowest BCUT2D eigenvalue weighted by molar-refractivity contribution is 0.0858. The van der Waals surface area contributed by atoms with Crippen LogP contribution in [-0.4, -0.2) is 5.78 Å². The van der Waals surface area contributed by atoms with E-state index >= 15 is 0 Å². The van der Waals surface area contributed by atoms with E-state index in [1.165, 1.54) is 0 Å². The summed E-state index contributed by atoms with van der Waals surface area (Å²) in [6.45, 7) is 3.73. The van der Waals surface area contributed by atoms with Crippen molar-refractivity contribution >= 4 is 5.78 Å². The minimum atomic E-state index is -0.568. The number of Topliss-reactive ketones (excluding diaryl/α,β-unsaturated/α-hetero) is 1. The van der Waals surface area contributed by atoms with Crippen LogP contribution in [0.15, 0.2) is 30.3 Å². The zero-order valence-corrected chi connectivity index (χ0v) is 7.50. The van der Waals surface area contributed by atoms with Gasteiger partial charge >= 0.3 is 0 Å². The number of benzene rings is 1. The maximum absolute atomic E-state index is 11.8. The van der Waals surface area contributed by atoms with Crippen molar-refractivity contribution in [2.75, 3.05) is 0 Å². The largest absolute Gasteiger partial charge is 0.294 e. The molecule has 0 aliphatic rings. The Morgan fingerprint density at radius 3 is 2.42 bits per heavy atom. The molecule has 1 aromatic rings. The standard InChI is InChI=1S/C11H14O/c1-11(2,3)10(12)9-7-5-4-6-8-9/h4-8H,1-3H3/i1D. The Labute approximate surface area is 74.8 Å². The second-order valence-corrected chi connectivity index (χ2v) is 3.58. The van der Waals surface area contributed by atoms with Crippen LogP contribution >= 0.6 is 0 Å². The summed E-state index contributed by atoms with van der Waals surface area (Å²) in [6, 6.07) is 9.14. The van der Waals surface area contributed by atoms with Gasteiger partial charge in [0.25, 0.3) is 0 Å². The third-order valence-corrected chi connectivity index (χ3v) is 1.65. The van der Waals surface area contributed by atoms with Crippen molar-refractivity contribution in [2.24, 2.45) is 5.41 Å². The summed E-state index contributed by atoms with van der Waals surface area (Å²) in [5.41, 5.74) is 0.126. The molecule has 0 fully saturated rings. The lowest BCUT2D eigenvalue weighted by atomic mass is 9.87. The molecule has 0 heterocycles. The molecular formula is C11H14O. The molecule has 0 spiro atoms. The Morgan fingerprint density at radius 2 is 1.92 bits per heavy atom. The molecule has 0 amide bonds. The van der Waals surface area contributed by atoms with Crippen LogP contribution in [0.5, 0.6) is 0 Å². The molecule has 1 rings (SSSR count). The van der Waals surface area contributed by atoms with E-state index in [9.17, 15) is 4.79 Å². The second-order valence-electron chi connectivity index (χ2n) is 3.58. The third kappa shape index (κ3) is 1.94. The molecular weight excluding hydrogens is 148 g/mol. The highest BCUT2D eigenvalue weighted by Gasteiger charge is 2.21. The number of ketones is 1. The van der Waals surface area contributed by atoms with Gasteiger partial charge in [0.2, 0.25) is 0 Å². The molecule has 0 unspecified atom stereocenters. The molecule has 0 aliphatic carbocycles. The van der Waals surface area contributed by atoms with Gasteiger partial charge in [-0.15, -0.1) is 0 Å². The SMILES string of the molecule is [2H]CC(C)(C)C(=O)c1ccccc1. The van der Waals surface area contributed by atoms with E-state index in [0.717, 1.165) is 0 Å². The van der Waals surface area contributed by atoms with E-state index in [1.54, 1.807) is 26.0 Å². The predicted molar refractivity (Wildman–Crippen MR) is 50.2 cm³/mol. The molecule has 64 valence electrons. The highest BCUT2D eigenvalue weighted by Crippen LogP contribution is 2.19. The van der Waals surface area contributed by atoms with Crippen molar-refractivity contribution in [2.45, 2.75) is 20.7 Å². The first-order chi connectivity index (χ1) is 6.08. The van der Waals surface area contributed by atoms with Crippen molar-refractivity contribution in [1.82, 2.24) is 0 Å². The molecule has 0 aliphatic heterocycles. The summed E-state index contributed by atoms with van der Waals surface area (Å²) in [5, 5.41) is 0. The summed E-state index contributed by atoms with van der Waals surface area (Å²) in [4.78, 5) is 11.8. The van der Waals surface area contributed by atoms with Crippen molar-refractivity contribution in [1.29, 1.82) is 0 Å². The normalized spacial score (nSPS) is 12.3. The number of hydrogen-bond donors (Lipinski definition) is 0. The van der Waals surface area contributed by atoms with Crippen LogP contribution in [0.4, 0.5) is 0 Å². The quantitative estimate of drug-likeness (QED) is 0.582. The van der Waals surface area contributed by atoms with E-state index in [1.807, 2.05) is 18.2 Å². The average Bonchev–Trinajstić information content (AvgIpc) is 2.18. The van der Waals surface area contributed by atoms with Crippen molar-refractivity contribution in [3.05, 3.63) is 35.9 Å². The fourth-order valence-electron chi connectivity index (χ4n) is 0.980. The van der Waals surface area contributed by atoms with E-state index < -0.39 is 5.41 Å². The van der Waals surface area contributed by atoms with Gasteiger partial charge < -0.3 is 0 Å². The zero-order chi connectivity index (χ0) is 9.90. The van der Waals surface area contributed by atoms with Crippen molar-refractivity contribution < 1.29 is 6.17 Å². The maximum atomic E-state index is 11.8. The molecule has 0 radical (unpaired) electrons. The highest BCUT2D eigenvalue weighted by atomic mass is 16.1. The number of carbonyl (C=O) groups excluding carboxylic acids is 1. The molecule has 0 aromatic heterocycles. The molecule has 0 N–H and O–H groups in total. The van der Waals surface area contributed by atoms with Gasteiger partial charge in [-0.05, 0) is 0 Å². The van der Waals surface area contributed by atoms with Gasteiger partial charge in [-0.3, -0.25) is 4.79 Å². The van der Waals surface area contributed by atoms with Crippen LogP contribution in [0, 0.1) is 5.41 Å². The molecule has 12 heavy (non-hydrogen) atoms. The monoisotopic (exact) mass is 163 g/mol. The fourth-order valence-corrected chi connectivity index (χ4v) is 0.980. The van der Waals surface area contributed by atoms with Crippen LogP contribution in [-0.2, 0) is 0 Å². The van der Waals surface area contributed by atoms with Crippen molar-refractivity contribution in [3.8, 4) is 0 Å². The topological polar surface area (TPSA) is 17.1 Å². The van der Waals surface area contributed by atoms with Crippen molar-refractivity contribution in [3.63, 3.8) is 0 Å². The highest BCUT2D eigenvalue weighted by molar-refractivity contribution is 5.99. The Morgan fingerprint density at radius 1 is 1.33 bits per heavy atom. The summed E-state index contributed by atoms with van der Waals surface area (Å²) in [5.74, 6) is 0.0445. The Hall–Kier alpha value is -1.11. The lowest BCUT2D eigenvalue weighted by Crippen LogP contribution is -2.19. The second kappa shape index (κ2) is 3.10. The summed E-state index contributed by atoms with van der Waals surface area (Å²) < 4.78 is 7.26.